The Morgan fingerprint density at radius 1 is 1.17 bits per heavy atom. The first kappa shape index (κ1) is 10.5. The number of fused-ring (bicyclic) bond motifs is 1. The number of aldehydes is 1. The van der Waals surface area contributed by atoms with Gasteiger partial charge in [-0.3, -0.25) is 9.89 Å². The third-order valence-electron chi connectivity index (χ3n) is 2.84. The summed E-state index contributed by atoms with van der Waals surface area (Å²) in [4.78, 5) is 10.7. The number of phenols is 1. The summed E-state index contributed by atoms with van der Waals surface area (Å²) >= 11 is 0. The Morgan fingerprint density at radius 2 is 2.06 bits per heavy atom. The second kappa shape index (κ2) is 4.00. The number of aromatic amines is 1. The normalized spacial score (nSPS) is 10.7. The molecule has 4 heteroatoms. The number of rotatable bonds is 2. The number of phenolic OH excluding ortho intramolecular Hbond substituents is 1. The molecule has 0 saturated heterocycles. The lowest BCUT2D eigenvalue weighted by Gasteiger charge is -1.99. The quantitative estimate of drug-likeness (QED) is 0.674. The zero-order valence-electron chi connectivity index (χ0n) is 9.42. The van der Waals surface area contributed by atoms with E-state index in [0.717, 1.165) is 28.4 Å². The summed E-state index contributed by atoms with van der Waals surface area (Å²) < 4.78 is 0. The zero-order chi connectivity index (χ0) is 12.5. The summed E-state index contributed by atoms with van der Waals surface area (Å²) in [7, 11) is 0. The molecule has 4 nitrogen and oxygen atoms in total. The topological polar surface area (TPSA) is 66.0 Å². The smallest absolute Gasteiger partial charge is 0.150 e. The number of carbonyl (C=O) groups excluding carboxylic acids is 1. The molecule has 0 atom stereocenters. The van der Waals surface area contributed by atoms with E-state index in [9.17, 15) is 9.90 Å². The summed E-state index contributed by atoms with van der Waals surface area (Å²) in [6.07, 6.45) is 0.800. The molecular weight excluding hydrogens is 228 g/mol. The number of carbonyl (C=O) groups is 1. The Kier molecular flexibility index (Phi) is 2.34. The second-order valence-corrected chi connectivity index (χ2v) is 4.05. The molecule has 0 aliphatic heterocycles. The number of nitrogens with one attached hydrogen (secondary N) is 1. The van der Waals surface area contributed by atoms with Crippen LogP contribution in [-0.2, 0) is 0 Å². The number of nitrogens with zero attached hydrogens (tertiary/aromatic N) is 1. The van der Waals surface area contributed by atoms with Gasteiger partial charge in [0.15, 0.2) is 0 Å². The minimum Gasteiger partial charge on any atom is -0.508 e. The van der Waals surface area contributed by atoms with Gasteiger partial charge in [-0.05, 0) is 24.3 Å². The van der Waals surface area contributed by atoms with Crippen LogP contribution in [0.15, 0.2) is 42.5 Å². The molecular formula is C14H10N2O2. The van der Waals surface area contributed by atoms with Crippen LogP contribution in [0.5, 0.6) is 5.75 Å². The van der Waals surface area contributed by atoms with Crippen molar-refractivity contribution in [1.29, 1.82) is 0 Å². The molecule has 0 amide bonds. The van der Waals surface area contributed by atoms with Crippen molar-refractivity contribution < 1.29 is 9.90 Å². The first-order valence-electron chi connectivity index (χ1n) is 5.50. The van der Waals surface area contributed by atoms with Crippen LogP contribution >= 0.6 is 0 Å². The minimum atomic E-state index is 0.202. The molecule has 0 spiro atoms. The van der Waals surface area contributed by atoms with E-state index in [1.807, 2.05) is 12.1 Å². The SMILES string of the molecule is O=Cc1ccc2c(-c3cccc(O)c3)n[nH]c2c1. The lowest BCUT2D eigenvalue weighted by atomic mass is 10.1. The maximum atomic E-state index is 10.7. The van der Waals surface area contributed by atoms with Crippen LogP contribution in [-0.4, -0.2) is 21.6 Å². The molecule has 0 aliphatic carbocycles. The number of benzene rings is 2. The highest BCUT2D eigenvalue weighted by Gasteiger charge is 2.08. The molecule has 0 fully saturated rings. The molecule has 3 rings (SSSR count). The molecule has 0 radical (unpaired) electrons. The number of H-pyrrole nitrogens is 1. The predicted molar refractivity (Wildman–Crippen MR) is 68.6 cm³/mol. The van der Waals surface area contributed by atoms with Gasteiger partial charge < -0.3 is 5.11 Å². The van der Waals surface area contributed by atoms with Crippen LogP contribution in [0, 0.1) is 0 Å². The predicted octanol–water partition coefficient (Wildman–Crippen LogP) is 2.75. The van der Waals surface area contributed by atoms with E-state index in [4.69, 9.17) is 0 Å². The summed E-state index contributed by atoms with van der Waals surface area (Å²) in [5, 5.41) is 17.5. The van der Waals surface area contributed by atoms with E-state index in [0.29, 0.717) is 5.56 Å². The van der Waals surface area contributed by atoms with Gasteiger partial charge in [0, 0.05) is 16.5 Å². The van der Waals surface area contributed by atoms with E-state index in [1.54, 1.807) is 30.3 Å². The monoisotopic (exact) mass is 238 g/mol. The van der Waals surface area contributed by atoms with Crippen molar-refractivity contribution in [3.8, 4) is 17.0 Å². The summed E-state index contributed by atoms with van der Waals surface area (Å²) in [5.74, 6) is 0.202. The lowest BCUT2D eigenvalue weighted by molar-refractivity contribution is 0.112. The van der Waals surface area contributed by atoms with Crippen LogP contribution < -0.4 is 0 Å². The van der Waals surface area contributed by atoms with Crippen molar-refractivity contribution in [2.75, 3.05) is 0 Å². The van der Waals surface area contributed by atoms with E-state index in [2.05, 4.69) is 10.2 Å². The molecule has 1 heterocycles. The summed E-state index contributed by atoms with van der Waals surface area (Å²) in [6, 6.07) is 12.3. The highest BCUT2D eigenvalue weighted by atomic mass is 16.3. The fourth-order valence-corrected chi connectivity index (χ4v) is 1.98. The van der Waals surface area contributed by atoms with Gasteiger partial charge in [-0.1, -0.05) is 18.2 Å². The lowest BCUT2D eigenvalue weighted by Crippen LogP contribution is -1.80. The minimum absolute atomic E-state index is 0.202. The number of hydrogen-bond donors (Lipinski definition) is 2. The molecule has 0 bridgehead atoms. The maximum absolute atomic E-state index is 10.7. The van der Waals surface area contributed by atoms with Crippen molar-refractivity contribution in [2.45, 2.75) is 0 Å². The fraction of sp³-hybridized carbons (Fsp3) is 0. The van der Waals surface area contributed by atoms with Gasteiger partial charge in [0.2, 0.25) is 0 Å². The van der Waals surface area contributed by atoms with Crippen LogP contribution in [0.1, 0.15) is 10.4 Å². The molecule has 3 aromatic rings. The molecule has 2 aromatic carbocycles. The Bertz CT molecular complexity index is 731. The third kappa shape index (κ3) is 1.64. The maximum Gasteiger partial charge on any atom is 0.150 e. The van der Waals surface area contributed by atoms with Gasteiger partial charge in [0.1, 0.15) is 17.7 Å². The van der Waals surface area contributed by atoms with E-state index >= 15 is 0 Å². The fourth-order valence-electron chi connectivity index (χ4n) is 1.98. The van der Waals surface area contributed by atoms with Crippen molar-refractivity contribution in [1.82, 2.24) is 10.2 Å². The Labute approximate surface area is 103 Å². The molecule has 0 aliphatic rings. The molecule has 1 aromatic heterocycles. The largest absolute Gasteiger partial charge is 0.508 e. The van der Waals surface area contributed by atoms with Crippen LogP contribution in [0.3, 0.4) is 0 Å². The molecule has 18 heavy (non-hydrogen) atoms. The molecule has 88 valence electrons. The second-order valence-electron chi connectivity index (χ2n) is 4.05. The van der Waals surface area contributed by atoms with Gasteiger partial charge in [-0.15, -0.1) is 0 Å². The van der Waals surface area contributed by atoms with Crippen molar-refractivity contribution in [3.05, 3.63) is 48.0 Å². The van der Waals surface area contributed by atoms with Crippen LogP contribution in [0.4, 0.5) is 0 Å². The number of aromatic nitrogens is 2. The Balaban J connectivity index is 2.21. The van der Waals surface area contributed by atoms with E-state index < -0.39 is 0 Å². The van der Waals surface area contributed by atoms with Gasteiger partial charge in [0.05, 0.1) is 5.52 Å². The molecule has 2 N–H and O–H groups in total. The molecule has 0 saturated carbocycles. The number of aromatic hydroxyl groups is 1. The van der Waals surface area contributed by atoms with Crippen molar-refractivity contribution in [2.24, 2.45) is 0 Å². The van der Waals surface area contributed by atoms with E-state index in [1.165, 1.54) is 0 Å². The molecule has 0 unspecified atom stereocenters. The Morgan fingerprint density at radius 3 is 2.83 bits per heavy atom. The highest BCUT2D eigenvalue weighted by molar-refractivity contribution is 5.95. The van der Waals surface area contributed by atoms with Gasteiger partial charge in [-0.2, -0.15) is 5.10 Å². The highest BCUT2D eigenvalue weighted by Crippen LogP contribution is 2.28. The summed E-state index contributed by atoms with van der Waals surface area (Å²) in [6.45, 7) is 0. The standard InChI is InChI=1S/C14H10N2O2/c17-8-9-4-5-12-13(6-9)15-16-14(12)10-2-1-3-11(18)7-10/h1-8,18H,(H,15,16). The Hall–Kier alpha value is -2.62. The van der Waals surface area contributed by atoms with Crippen molar-refractivity contribution >= 4 is 17.2 Å². The number of hydrogen-bond acceptors (Lipinski definition) is 3. The van der Waals surface area contributed by atoms with Crippen molar-refractivity contribution in [3.63, 3.8) is 0 Å². The zero-order valence-corrected chi connectivity index (χ0v) is 9.42. The first-order chi connectivity index (χ1) is 8.78. The van der Waals surface area contributed by atoms with Gasteiger partial charge in [0.25, 0.3) is 0 Å². The first-order valence-corrected chi connectivity index (χ1v) is 5.50. The van der Waals surface area contributed by atoms with Gasteiger partial charge >= 0.3 is 0 Å². The third-order valence-corrected chi connectivity index (χ3v) is 2.84. The van der Waals surface area contributed by atoms with E-state index in [-0.39, 0.29) is 5.75 Å². The average molecular weight is 238 g/mol. The van der Waals surface area contributed by atoms with Crippen LogP contribution in [0.25, 0.3) is 22.2 Å². The average Bonchev–Trinajstić information content (AvgIpc) is 2.81. The van der Waals surface area contributed by atoms with Gasteiger partial charge in [-0.25, -0.2) is 0 Å². The summed E-state index contributed by atoms with van der Waals surface area (Å²) in [5.41, 5.74) is 3.00. The van der Waals surface area contributed by atoms with Crippen LogP contribution in [0.2, 0.25) is 0 Å².